The van der Waals surface area contributed by atoms with Crippen LogP contribution >= 0.6 is 0 Å². The number of sulfone groups is 1. The Morgan fingerprint density at radius 3 is 2.25 bits per heavy atom. The Kier molecular flexibility index (Phi) is 2.57. The van der Waals surface area contributed by atoms with Crippen LogP contribution in [0.25, 0.3) is 0 Å². The normalized spacial score (nSPS) is 33.7. The van der Waals surface area contributed by atoms with Gasteiger partial charge in [0.05, 0.1) is 10.8 Å². The summed E-state index contributed by atoms with van der Waals surface area (Å²) in [4.78, 5) is 0. The molecule has 0 heterocycles. The maximum atomic E-state index is 11.6. The van der Waals surface area contributed by atoms with Crippen molar-refractivity contribution in [2.75, 3.05) is 12.8 Å². The van der Waals surface area contributed by atoms with E-state index in [9.17, 15) is 8.42 Å². The van der Waals surface area contributed by atoms with E-state index in [1.165, 1.54) is 6.26 Å². The fraction of sp³-hybridized carbons (Fsp3) is 0.455. The van der Waals surface area contributed by atoms with Gasteiger partial charge in [-0.1, -0.05) is 30.3 Å². The van der Waals surface area contributed by atoms with Gasteiger partial charge in [-0.05, 0) is 5.56 Å². The van der Waals surface area contributed by atoms with E-state index in [-0.39, 0.29) is 12.5 Å². The minimum absolute atomic E-state index is 0.173. The number of hydrogen-bond acceptors (Lipinski definition) is 4. The largest absolute Gasteiger partial charge is 0.329 e. The number of nitrogens with two attached hydrogens (primary N) is 2. The van der Waals surface area contributed by atoms with Crippen molar-refractivity contribution >= 4 is 9.84 Å². The highest BCUT2D eigenvalue weighted by Gasteiger charge is 2.66. The van der Waals surface area contributed by atoms with Crippen molar-refractivity contribution in [1.29, 1.82) is 0 Å². The van der Waals surface area contributed by atoms with Crippen LogP contribution in [-0.4, -0.2) is 32.0 Å². The Morgan fingerprint density at radius 2 is 1.88 bits per heavy atom. The highest BCUT2D eigenvalue weighted by molar-refractivity contribution is 7.91. The first kappa shape index (κ1) is 11.6. The van der Waals surface area contributed by atoms with Crippen molar-refractivity contribution in [3.05, 3.63) is 35.9 Å². The zero-order valence-corrected chi connectivity index (χ0v) is 9.94. The van der Waals surface area contributed by atoms with E-state index in [1.807, 2.05) is 30.3 Å². The molecule has 1 saturated carbocycles. The molecule has 0 amide bonds. The smallest absolute Gasteiger partial charge is 0.152 e. The lowest BCUT2D eigenvalue weighted by Crippen LogP contribution is -2.38. The van der Waals surface area contributed by atoms with E-state index in [0.717, 1.165) is 5.56 Å². The first-order valence-corrected chi connectivity index (χ1v) is 7.09. The molecule has 5 heteroatoms. The molecule has 0 bridgehead atoms. The van der Waals surface area contributed by atoms with Crippen molar-refractivity contribution < 1.29 is 8.42 Å². The molecule has 4 nitrogen and oxygen atoms in total. The predicted octanol–water partition coefficient (Wildman–Crippen LogP) is -0.147. The lowest BCUT2D eigenvalue weighted by molar-refractivity contribution is 0.591. The molecule has 88 valence electrons. The van der Waals surface area contributed by atoms with Crippen molar-refractivity contribution in [2.45, 2.75) is 16.7 Å². The number of rotatable bonds is 3. The second-order valence-electron chi connectivity index (χ2n) is 4.45. The molecule has 0 saturated heterocycles. The summed E-state index contributed by atoms with van der Waals surface area (Å²) >= 11 is 0. The Bertz CT molecular complexity index is 486. The maximum Gasteiger partial charge on any atom is 0.152 e. The van der Waals surface area contributed by atoms with E-state index >= 15 is 0 Å². The third-order valence-corrected chi connectivity index (χ3v) is 4.91. The Balaban J connectivity index is 2.38. The van der Waals surface area contributed by atoms with Gasteiger partial charge in [0.25, 0.3) is 0 Å². The van der Waals surface area contributed by atoms with Crippen molar-refractivity contribution in [2.24, 2.45) is 11.5 Å². The predicted molar refractivity (Wildman–Crippen MR) is 63.8 cm³/mol. The van der Waals surface area contributed by atoms with E-state index in [2.05, 4.69) is 0 Å². The Labute approximate surface area is 95.6 Å². The molecule has 1 aliphatic carbocycles. The van der Waals surface area contributed by atoms with E-state index < -0.39 is 20.6 Å². The molecule has 0 aliphatic heterocycles. The van der Waals surface area contributed by atoms with Gasteiger partial charge in [0.15, 0.2) is 9.84 Å². The minimum atomic E-state index is -3.15. The topological polar surface area (TPSA) is 86.2 Å². The lowest BCUT2D eigenvalue weighted by Gasteiger charge is -2.07. The summed E-state index contributed by atoms with van der Waals surface area (Å²) < 4.78 is 23.2. The monoisotopic (exact) mass is 240 g/mol. The second kappa shape index (κ2) is 3.55. The molecule has 16 heavy (non-hydrogen) atoms. The summed E-state index contributed by atoms with van der Waals surface area (Å²) in [6.07, 6.45) is 1.22. The maximum absolute atomic E-state index is 11.6. The molecule has 3 atom stereocenters. The molecule has 1 aliphatic rings. The molecule has 4 N–H and O–H groups in total. The van der Waals surface area contributed by atoms with Gasteiger partial charge in [-0.3, -0.25) is 0 Å². The summed E-state index contributed by atoms with van der Waals surface area (Å²) in [5, 5.41) is -0.549. The number of benzene rings is 1. The van der Waals surface area contributed by atoms with Crippen molar-refractivity contribution in [3.63, 3.8) is 0 Å². The quantitative estimate of drug-likeness (QED) is 0.769. The molecular weight excluding hydrogens is 224 g/mol. The van der Waals surface area contributed by atoms with E-state index in [4.69, 9.17) is 11.5 Å². The van der Waals surface area contributed by atoms with Crippen LogP contribution in [-0.2, 0) is 9.84 Å². The fourth-order valence-corrected chi connectivity index (χ4v) is 4.32. The van der Waals surface area contributed by atoms with Crippen LogP contribution in [0.5, 0.6) is 0 Å². The molecule has 0 aromatic heterocycles. The van der Waals surface area contributed by atoms with E-state index in [1.54, 1.807) is 0 Å². The molecule has 1 aromatic carbocycles. The minimum Gasteiger partial charge on any atom is -0.329 e. The fourth-order valence-electron chi connectivity index (χ4n) is 2.46. The summed E-state index contributed by atoms with van der Waals surface area (Å²) in [6, 6.07) is 9.44. The third-order valence-electron chi connectivity index (χ3n) is 3.28. The van der Waals surface area contributed by atoms with Crippen LogP contribution in [0.3, 0.4) is 0 Å². The van der Waals surface area contributed by atoms with Gasteiger partial charge < -0.3 is 11.5 Å². The van der Waals surface area contributed by atoms with Gasteiger partial charge in [-0.2, -0.15) is 0 Å². The third kappa shape index (κ3) is 1.65. The van der Waals surface area contributed by atoms with Crippen LogP contribution in [0, 0.1) is 0 Å². The summed E-state index contributed by atoms with van der Waals surface area (Å²) in [6.45, 7) is 0.185. The van der Waals surface area contributed by atoms with Crippen LogP contribution in [0.4, 0.5) is 0 Å². The van der Waals surface area contributed by atoms with Crippen LogP contribution in [0.2, 0.25) is 0 Å². The standard InChI is InChI=1S/C11H16N2O2S/c1-16(14,15)10-9(11(10,13)7-12)8-5-3-2-4-6-8/h2-6,9-10H,7,12-13H2,1H3/t9-,10+,11+/m0/s1. The van der Waals surface area contributed by atoms with E-state index in [0.29, 0.717) is 0 Å². The summed E-state index contributed by atoms with van der Waals surface area (Å²) in [5.74, 6) is -0.173. The average Bonchev–Trinajstić information content (AvgIpc) is 2.87. The zero-order valence-electron chi connectivity index (χ0n) is 9.13. The first-order chi connectivity index (χ1) is 7.41. The van der Waals surface area contributed by atoms with Gasteiger partial charge in [0.1, 0.15) is 0 Å². The van der Waals surface area contributed by atoms with Gasteiger partial charge in [0.2, 0.25) is 0 Å². The molecule has 0 radical (unpaired) electrons. The Morgan fingerprint density at radius 1 is 1.31 bits per heavy atom. The SMILES string of the molecule is CS(=O)(=O)[C@@H]1[C@H](c2ccccc2)[C@]1(N)CN. The van der Waals surface area contributed by atoms with Crippen molar-refractivity contribution in [1.82, 2.24) is 0 Å². The lowest BCUT2D eigenvalue weighted by atomic mass is 10.1. The Hall–Kier alpha value is -0.910. The zero-order chi connectivity index (χ0) is 12.0. The van der Waals surface area contributed by atoms with Crippen LogP contribution in [0.15, 0.2) is 30.3 Å². The van der Waals surface area contributed by atoms with Gasteiger partial charge in [-0.25, -0.2) is 8.42 Å². The molecule has 1 aromatic rings. The van der Waals surface area contributed by atoms with Crippen molar-refractivity contribution in [3.8, 4) is 0 Å². The number of hydrogen-bond donors (Lipinski definition) is 2. The molecular formula is C11H16N2O2S. The molecule has 2 rings (SSSR count). The summed E-state index contributed by atoms with van der Waals surface area (Å²) in [5.41, 5.74) is 11.8. The second-order valence-corrected chi connectivity index (χ2v) is 6.62. The van der Waals surface area contributed by atoms with Gasteiger partial charge in [-0.15, -0.1) is 0 Å². The van der Waals surface area contributed by atoms with Crippen LogP contribution < -0.4 is 11.5 Å². The molecule has 0 unspecified atom stereocenters. The first-order valence-electron chi connectivity index (χ1n) is 5.14. The van der Waals surface area contributed by atoms with Crippen LogP contribution in [0.1, 0.15) is 11.5 Å². The van der Waals surface area contributed by atoms with Gasteiger partial charge in [0, 0.05) is 18.7 Å². The average molecular weight is 240 g/mol. The molecule has 1 fully saturated rings. The highest BCUT2D eigenvalue weighted by Crippen LogP contribution is 2.53. The highest BCUT2D eigenvalue weighted by atomic mass is 32.2. The van der Waals surface area contributed by atoms with Gasteiger partial charge >= 0.3 is 0 Å². The summed E-state index contributed by atoms with van der Waals surface area (Å²) in [7, 11) is -3.15. The molecule has 0 spiro atoms.